The number of ether oxygens (including phenoxy) is 1. The molecule has 0 spiro atoms. The van der Waals surface area contributed by atoms with Gasteiger partial charge < -0.3 is 4.74 Å². The summed E-state index contributed by atoms with van der Waals surface area (Å²) >= 11 is 0. The minimum absolute atomic E-state index is 0.251. The second-order valence-electron chi connectivity index (χ2n) is 2.65. The molecule has 1 rings (SSSR count). The molecule has 0 heterocycles. The zero-order valence-corrected chi connectivity index (χ0v) is 7.43. The molecule has 0 saturated heterocycles. The topological polar surface area (TPSA) is 55.6 Å². The number of hydrogen-bond donors (Lipinski definition) is 1. The summed E-state index contributed by atoms with van der Waals surface area (Å²) in [6, 6.07) is 9.43. The van der Waals surface area contributed by atoms with Crippen LogP contribution in [0.3, 0.4) is 0 Å². The SMILES string of the molecule is CN(N)C(=O)OCc1ccccc1. The lowest BCUT2D eigenvalue weighted by Crippen LogP contribution is -2.33. The first-order valence-electron chi connectivity index (χ1n) is 3.89. The normalized spacial score (nSPS) is 9.38. The fourth-order valence-electron chi connectivity index (χ4n) is 0.821. The van der Waals surface area contributed by atoms with E-state index < -0.39 is 6.09 Å². The van der Waals surface area contributed by atoms with Crippen molar-refractivity contribution < 1.29 is 9.53 Å². The molecule has 1 aromatic carbocycles. The van der Waals surface area contributed by atoms with E-state index in [1.54, 1.807) is 0 Å². The van der Waals surface area contributed by atoms with Crippen LogP contribution in [0.4, 0.5) is 4.79 Å². The fourth-order valence-corrected chi connectivity index (χ4v) is 0.821. The highest BCUT2D eigenvalue weighted by atomic mass is 16.6. The molecule has 13 heavy (non-hydrogen) atoms. The number of amides is 1. The maximum atomic E-state index is 10.9. The van der Waals surface area contributed by atoms with Gasteiger partial charge in [0, 0.05) is 7.05 Å². The standard InChI is InChI=1S/C9H12N2O2/c1-11(10)9(12)13-7-8-5-3-2-4-6-8/h2-6H,7,10H2,1H3. The largest absolute Gasteiger partial charge is 0.444 e. The molecule has 0 unspecified atom stereocenters. The van der Waals surface area contributed by atoms with Crippen LogP contribution < -0.4 is 5.84 Å². The molecule has 0 aromatic heterocycles. The molecular weight excluding hydrogens is 168 g/mol. The number of hydrogen-bond acceptors (Lipinski definition) is 3. The highest BCUT2D eigenvalue weighted by Gasteiger charge is 2.04. The lowest BCUT2D eigenvalue weighted by Gasteiger charge is -2.10. The van der Waals surface area contributed by atoms with Crippen molar-refractivity contribution in [2.24, 2.45) is 5.84 Å². The summed E-state index contributed by atoms with van der Waals surface area (Å²) in [4.78, 5) is 10.9. The zero-order valence-electron chi connectivity index (χ0n) is 7.43. The highest BCUT2D eigenvalue weighted by Crippen LogP contribution is 2.00. The Morgan fingerprint density at radius 3 is 2.62 bits per heavy atom. The number of rotatable bonds is 2. The summed E-state index contributed by atoms with van der Waals surface area (Å²) in [6.45, 7) is 0.251. The lowest BCUT2D eigenvalue weighted by molar-refractivity contribution is 0.105. The first kappa shape index (κ1) is 9.54. The van der Waals surface area contributed by atoms with E-state index in [9.17, 15) is 4.79 Å². The van der Waals surface area contributed by atoms with Crippen LogP contribution in [0.15, 0.2) is 30.3 Å². The molecule has 70 valence electrons. The van der Waals surface area contributed by atoms with Gasteiger partial charge in [0.1, 0.15) is 6.61 Å². The van der Waals surface area contributed by atoms with Gasteiger partial charge >= 0.3 is 6.09 Å². The number of nitrogens with zero attached hydrogens (tertiary/aromatic N) is 1. The second-order valence-corrected chi connectivity index (χ2v) is 2.65. The maximum Gasteiger partial charge on any atom is 0.424 e. The molecule has 0 radical (unpaired) electrons. The highest BCUT2D eigenvalue weighted by molar-refractivity contribution is 5.66. The van der Waals surface area contributed by atoms with Crippen LogP contribution in [0.25, 0.3) is 0 Å². The van der Waals surface area contributed by atoms with E-state index in [4.69, 9.17) is 10.6 Å². The van der Waals surface area contributed by atoms with Gasteiger partial charge in [-0.25, -0.2) is 15.6 Å². The summed E-state index contributed by atoms with van der Waals surface area (Å²) in [6.07, 6.45) is -0.538. The quantitative estimate of drug-likeness (QED) is 0.421. The van der Waals surface area contributed by atoms with Crippen LogP contribution in [0.5, 0.6) is 0 Å². The van der Waals surface area contributed by atoms with E-state index in [0.717, 1.165) is 10.6 Å². The zero-order chi connectivity index (χ0) is 9.68. The average Bonchev–Trinajstić information content (AvgIpc) is 2.15. The Bertz CT molecular complexity index is 272. The van der Waals surface area contributed by atoms with Gasteiger partial charge in [-0.1, -0.05) is 30.3 Å². The van der Waals surface area contributed by atoms with E-state index in [-0.39, 0.29) is 6.61 Å². The van der Waals surface area contributed by atoms with Crippen molar-refractivity contribution in [1.82, 2.24) is 5.01 Å². The smallest absolute Gasteiger partial charge is 0.424 e. The third-order valence-electron chi connectivity index (χ3n) is 1.49. The molecule has 0 saturated carbocycles. The van der Waals surface area contributed by atoms with E-state index in [1.807, 2.05) is 30.3 Å². The van der Waals surface area contributed by atoms with Gasteiger partial charge in [-0.2, -0.15) is 0 Å². The Labute approximate surface area is 76.9 Å². The molecule has 0 atom stereocenters. The number of nitrogens with two attached hydrogens (primary N) is 1. The molecule has 2 N–H and O–H groups in total. The predicted octanol–water partition coefficient (Wildman–Crippen LogP) is 1.13. The summed E-state index contributed by atoms with van der Waals surface area (Å²) in [5, 5.41) is 0.906. The fraction of sp³-hybridized carbons (Fsp3) is 0.222. The average molecular weight is 180 g/mol. The molecule has 0 fully saturated rings. The predicted molar refractivity (Wildman–Crippen MR) is 48.6 cm³/mol. The van der Waals surface area contributed by atoms with Crippen molar-refractivity contribution in [3.63, 3.8) is 0 Å². The minimum atomic E-state index is -0.538. The van der Waals surface area contributed by atoms with Crippen LogP contribution in [-0.4, -0.2) is 18.1 Å². The summed E-state index contributed by atoms with van der Waals surface area (Å²) in [5.74, 6) is 5.16. The Hall–Kier alpha value is -1.55. The van der Waals surface area contributed by atoms with Gasteiger partial charge in [0.05, 0.1) is 0 Å². The van der Waals surface area contributed by atoms with Gasteiger partial charge in [-0.05, 0) is 5.56 Å². The van der Waals surface area contributed by atoms with Crippen LogP contribution in [0, 0.1) is 0 Å². The molecule has 1 amide bonds. The van der Waals surface area contributed by atoms with Crippen molar-refractivity contribution in [2.75, 3.05) is 7.05 Å². The summed E-state index contributed by atoms with van der Waals surface area (Å²) < 4.78 is 4.85. The molecule has 0 aliphatic heterocycles. The maximum absolute atomic E-state index is 10.9. The van der Waals surface area contributed by atoms with Crippen LogP contribution in [0.2, 0.25) is 0 Å². The molecule has 4 nitrogen and oxygen atoms in total. The number of carbonyl (C=O) groups excluding carboxylic acids is 1. The van der Waals surface area contributed by atoms with Crippen molar-refractivity contribution in [1.29, 1.82) is 0 Å². The van der Waals surface area contributed by atoms with Crippen molar-refractivity contribution in [3.8, 4) is 0 Å². The van der Waals surface area contributed by atoms with E-state index in [0.29, 0.717) is 0 Å². The lowest BCUT2D eigenvalue weighted by atomic mass is 10.2. The number of benzene rings is 1. The number of hydrazine groups is 1. The third kappa shape index (κ3) is 3.13. The Kier molecular flexibility index (Phi) is 3.28. The molecule has 4 heteroatoms. The molecule has 0 aliphatic rings. The van der Waals surface area contributed by atoms with E-state index in [2.05, 4.69) is 0 Å². The van der Waals surface area contributed by atoms with Crippen molar-refractivity contribution in [3.05, 3.63) is 35.9 Å². The Balaban J connectivity index is 2.40. The van der Waals surface area contributed by atoms with E-state index >= 15 is 0 Å². The van der Waals surface area contributed by atoms with Crippen molar-refractivity contribution in [2.45, 2.75) is 6.61 Å². The minimum Gasteiger partial charge on any atom is -0.444 e. The van der Waals surface area contributed by atoms with Crippen molar-refractivity contribution >= 4 is 6.09 Å². The molecule has 1 aromatic rings. The van der Waals surface area contributed by atoms with Gasteiger partial charge in [0.25, 0.3) is 0 Å². The Morgan fingerprint density at radius 1 is 1.46 bits per heavy atom. The van der Waals surface area contributed by atoms with Gasteiger partial charge in [-0.15, -0.1) is 0 Å². The third-order valence-corrected chi connectivity index (χ3v) is 1.49. The van der Waals surface area contributed by atoms with Gasteiger partial charge in [0.15, 0.2) is 0 Å². The monoisotopic (exact) mass is 180 g/mol. The van der Waals surface area contributed by atoms with Crippen LogP contribution >= 0.6 is 0 Å². The van der Waals surface area contributed by atoms with E-state index in [1.165, 1.54) is 7.05 Å². The molecular formula is C9H12N2O2. The Morgan fingerprint density at radius 2 is 2.08 bits per heavy atom. The van der Waals surface area contributed by atoms with Crippen LogP contribution in [0.1, 0.15) is 5.56 Å². The summed E-state index contributed by atoms with van der Waals surface area (Å²) in [7, 11) is 1.44. The van der Waals surface area contributed by atoms with Crippen LogP contribution in [-0.2, 0) is 11.3 Å². The first-order chi connectivity index (χ1) is 6.20. The van der Waals surface area contributed by atoms with Gasteiger partial charge in [0.2, 0.25) is 0 Å². The number of carbonyl (C=O) groups is 1. The second kappa shape index (κ2) is 4.47. The first-order valence-corrected chi connectivity index (χ1v) is 3.89. The van der Waals surface area contributed by atoms with Gasteiger partial charge in [-0.3, -0.25) is 0 Å². The molecule has 0 aliphatic carbocycles. The summed E-state index contributed by atoms with van der Waals surface area (Å²) in [5.41, 5.74) is 0.942. The molecule has 0 bridgehead atoms.